The first kappa shape index (κ1) is 19.1. The highest BCUT2D eigenvalue weighted by Crippen LogP contribution is 2.26. The van der Waals surface area contributed by atoms with E-state index in [1.165, 1.54) is 11.3 Å². The molecule has 0 atom stereocenters. The van der Waals surface area contributed by atoms with Crippen molar-refractivity contribution in [3.63, 3.8) is 0 Å². The molecule has 0 amide bonds. The molecule has 1 aromatic heterocycles. The quantitative estimate of drug-likeness (QED) is 0.596. The number of ether oxygens (including phenoxy) is 2. The molecule has 0 radical (unpaired) electrons. The van der Waals surface area contributed by atoms with Crippen LogP contribution in [0.15, 0.2) is 29.6 Å². The average Bonchev–Trinajstić information content (AvgIpc) is 3.06. The standard InChI is InChI=1S/C17H21NO3S3/c1-4-20-13-7-5-12(6-8-13)16-18-15(11-24-16)17(19)21-14(9-22-2)10-23-3/h5-8,11,14H,4,9-10H2,1-3H3. The zero-order valence-electron chi connectivity index (χ0n) is 14.0. The van der Waals surface area contributed by atoms with Gasteiger partial charge in [-0.05, 0) is 43.7 Å². The molecule has 0 spiro atoms. The Labute approximate surface area is 155 Å². The van der Waals surface area contributed by atoms with E-state index in [-0.39, 0.29) is 12.1 Å². The fourth-order valence-corrected chi connectivity index (χ4v) is 4.12. The third kappa shape index (κ3) is 5.43. The fourth-order valence-electron chi connectivity index (χ4n) is 2.06. The van der Waals surface area contributed by atoms with Gasteiger partial charge < -0.3 is 9.47 Å². The molecule has 0 aliphatic heterocycles. The summed E-state index contributed by atoms with van der Waals surface area (Å²) in [7, 11) is 0. The molecule has 130 valence electrons. The second-order valence-electron chi connectivity index (χ2n) is 4.93. The second kappa shape index (κ2) is 9.96. The van der Waals surface area contributed by atoms with E-state index in [1.807, 2.05) is 43.7 Å². The van der Waals surface area contributed by atoms with Crippen LogP contribution in [-0.4, -0.2) is 47.7 Å². The Hall–Kier alpha value is -1.18. The monoisotopic (exact) mass is 383 g/mol. The lowest BCUT2D eigenvalue weighted by atomic mass is 10.2. The van der Waals surface area contributed by atoms with Crippen LogP contribution in [0.2, 0.25) is 0 Å². The molecule has 0 unspecified atom stereocenters. The summed E-state index contributed by atoms with van der Waals surface area (Å²) in [4.78, 5) is 16.7. The number of esters is 1. The summed E-state index contributed by atoms with van der Waals surface area (Å²) < 4.78 is 11.0. The predicted molar refractivity (Wildman–Crippen MR) is 105 cm³/mol. The van der Waals surface area contributed by atoms with Crippen molar-refractivity contribution < 1.29 is 14.3 Å². The first-order valence-corrected chi connectivity index (χ1v) is 11.2. The zero-order valence-corrected chi connectivity index (χ0v) is 16.4. The maximum atomic E-state index is 12.3. The van der Waals surface area contributed by atoms with Gasteiger partial charge in [-0.2, -0.15) is 23.5 Å². The summed E-state index contributed by atoms with van der Waals surface area (Å²) >= 11 is 4.79. The highest BCUT2D eigenvalue weighted by Gasteiger charge is 2.18. The number of carbonyl (C=O) groups excluding carboxylic acids is 1. The largest absolute Gasteiger partial charge is 0.494 e. The van der Waals surface area contributed by atoms with E-state index in [9.17, 15) is 4.79 Å². The van der Waals surface area contributed by atoms with Crippen LogP contribution in [0.1, 0.15) is 17.4 Å². The minimum absolute atomic E-state index is 0.0851. The van der Waals surface area contributed by atoms with Crippen molar-refractivity contribution >= 4 is 40.8 Å². The highest BCUT2D eigenvalue weighted by atomic mass is 32.2. The van der Waals surface area contributed by atoms with Gasteiger partial charge in [0, 0.05) is 22.4 Å². The Morgan fingerprint density at radius 1 is 1.21 bits per heavy atom. The molecular weight excluding hydrogens is 362 g/mol. The Morgan fingerprint density at radius 3 is 2.46 bits per heavy atom. The van der Waals surface area contributed by atoms with Crippen molar-refractivity contribution in [1.29, 1.82) is 0 Å². The number of carbonyl (C=O) groups is 1. The summed E-state index contributed by atoms with van der Waals surface area (Å²) in [5, 5.41) is 2.56. The molecule has 0 saturated heterocycles. The van der Waals surface area contributed by atoms with E-state index in [4.69, 9.17) is 9.47 Å². The molecule has 4 nitrogen and oxygen atoms in total. The van der Waals surface area contributed by atoms with Crippen molar-refractivity contribution in [2.24, 2.45) is 0 Å². The van der Waals surface area contributed by atoms with Crippen LogP contribution in [-0.2, 0) is 4.74 Å². The van der Waals surface area contributed by atoms with Crippen LogP contribution < -0.4 is 4.74 Å². The van der Waals surface area contributed by atoms with Crippen molar-refractivity contribution in [3.05, 3.63) is 35.3 Å². The van der Waals surface area contributed by atoms with Gasteiger partial charge in [0.05, 0.1) is 6.61 Å². The zero-order chi connectivity index (χ0) is 17.4. The number of thioether (sulfide) groups is 2. The molecule has 0 fully saturated rings. The van der Waals surface area contributed by atoms with Crippen molar-refractivity contribution in [1.82, 2.24) is 4.98 Å². The lowest BCUT2D eigenvalue weighted by Gasteiger charge is -2.14. The number of thiazole rings is 1. The molecule has 1 aromatic carbocycles. The van der Waals surface area contributed by atoms with Gasteiger partial charge in [-0.3, -0.25) is 0 Å². The van der Waals surface area contributed by atoms with Gasteiger partial charge in [-0.15, -0.1) is 11.3 Å². The van der Waals surface area contributed by atoms with E-state index in [0.717, 1.165) is 27.8 Å². The molecule has 1 heterocycles. The SMILES string of the molecule is CCOc1ccc(-c2nc(C(=O)OC(CSC)CSC)cs2)cc1. The number of benzene rings is 1. The molecule has 0 aliphatic carbocycles. The number of hydrogen-bond acceptors (Lipinski definition) is 7. The van der Waals surface area contributed by atoms with Crippen LogP contribution in [0.3, 0.4) is 0 Å². The minimum atomic E-state index is -0.350. The van der Waals surface area contributed by atoms with Gasteiger partial charge in [0.15, 0.2) is 5.69 Å². The Morgan fingerprint density at radius 2 is 1.88 bits per heavy atom. The maximum Gasteiger partial charge on any atom is 0.358 e. The second-order valence-corrected chi connectivity index (χ2v) is 7.61. The summed E-state index contributed by atoms with van der Waals surface area (Å²) in [6, 6.07) is 7.71. The third-order valence-corrected chi connectivity index (χ3v) is 5.41. The maximum absolute atomic E-state index is 12.3. The molecule has 0 bridgehead atoms. The number of nitrogens with zero attached hydrogens (tertiary/aromatic N) is 1. The van der Waals surface area contributed by atoms with Gasteiger partial charge >= 0.3 is 5.97 Å². The van der Waals surface area contributed by atoms with E-state index < -0.39 is 0 Å². The van der Waals surface area contributed by atoms with Gasteiger partial charge in [0.1, 0.15) is 16.9 Å². The number of hydrogen-bond donors (Lipinski definition) is 0. The van der Waals surface area contributed by atoms with Gasteiger partial charge in [-0.1, -0.05) is 0 Å². The summed E-state index contributed by atoms with van der Waals surface area (Å²) in [5.41, 5.74) is 1.34. The number of aromatic nitrogens is 1. The highest BCUT2D eigenvalue weighted by molar-refractivity contribution is 7.99. The summed E-state index contributed by atoms with van der Waals surface area (Å²) in [6.45, 7) is 2.59. The molecule has 24 heavy (non-hydrogen) atoms. The lowest BCUT2D eigenvalue weighted by Crippen LogP contribution is -2.23. The third-order valence-electron chi connectivity index (χ3n) is 3.10. The topological polar surface area (TPSA) is 48.4 Å². The van der Waals surface area contributed by atoms with Crippen LogP contribution in [0.25, 0.3) is 10.6 Å². The molecular formula is C17H21NO3S3. The van der Waals surface area contributed by atoms with Crippen LogP contribution >= 0.6 is 34.9 Å². The smallest absolute Gasteiger partial charge is 0.358 e. The predicted octanol–water partition coefficient (Wildman–Crippen LogP) is 4.46. The van der Waals surface area contributed by atoms with Crippen LogP contribution in [0.5, 0.6) is 5.75 Å². The van der Waals surface area contributed by atoms with Gasteiger partial charge in [0.25, 0.3) is 0 Å². The van der Waals surface area contributed by atoms with Crippen molar-refractivity contribution in [3.8, 4) is 16.3 Å². The van der Waals surface area contributed by atoms with E-state index in [0.29, 0.717) is 12.3 Å². The Bertz CT molecular complexity index is 637. The van der Waals surface area contributed by atoms with Crippen molar-refractivity contribution in [2.75, 3.05) is 30.6 Å². The van der Waals surface area contributed by atoms with E-state index >= 15 is 0 Å². The molecule has 0 aliphatic rings. The number of rotatable bonds is 9. The average molecular weight is 384 g/mol. The summed E-state index contributed by atoms with van der Waals surface area (Å²) in [6.07, 6.45) is 3.93. The van der Waals surface area contributed by atoms with Gasteiger partial charge in [-0.25, -0.2) is 9.78 Å². The minimum Gasteiger partial charge on any atom is -0.494 e. The Kier molecular flexibility index (Phi) is 7.94. The van der Waals surface area contributed by atoms with Crippen LogP contribution in [0, 0.1) is 0 Å². The molecule has 2 aromatic rings. The lowest BCUT2D eigenvalue weighted by molar-refractivity contribution is 0.0388. The molecule has 7 heteroatoms. The van der Waals surface area contributed by atoms with E-state index in [2.05, 4.69) is 4.98 Å². The molecule has 0 saturated carbocycles. The normalized spacial score (nSPS) is 10.8. The summed E-state index contributed by atoms with van der Waals surface area (Å²) in [5.74, 6) is 2.07. The molecule has 2 rings (SSSR count). The van der Waals surface area contributed by atoms with Crippen LogP contribution in [0.4, 0.5) is 0 Å². The van der Waals surface area contributed by atoms with E-state index in [1.54, 1.807) is 28.9 Å². The Balaban J connectivity index is 2.04. The fraction of sp³-hybridized carbons (Fsp3) is 0.412. The van der Waals surface area contributed by atoms with Gasteiger partial charge in [0.2, 0.25) is 0 Å². The van der Waals surface area contributed by atoms with Crippen molar-refractivity contribution in [2.45, 2.75) is 13.0 Å². The first-order chi connectivity index (χ1) is 11.7. The first-order valence-electron chi connectivity index (χ1n) is 7.55. The molecule has 0 N–H and O–H groups in total.